The summed E-state index contributed by atoms with van der Waals surface area (Å²) in [5, 5.41) is 0. The summed E-state index contributed by atoms with van der Waals surface area (Å²) in [6.45, 7) is 1.24. The fourth-order valence-electron chi connectivity index (χ4n) is 3.22. The van der Waals surface area contributed by atoms with Crippen molar-refractivity contribution in [1.82, 2.24) is 14.5 Å². The molecule has 2 heterocycles. The SMILES string of the molecule is COc1cc(CCCn2ccnc2)ccc1OCc1coc(C=Cc2ccccc2)n1. The van der Waals surface area contributed by atoms with E-state index in [9.17, 15) is 0 Å². The molecule has 31 heavy (non-hydrogen) atoms. The Morgan fingerprint density at radius 3 is 2.77 bits per heavy atom. The van der Waals surface area contributed by atoms with Gasteiger partial charge >= 0.3 is 0 Å². The fraction of sp³-hybridized carbons (Fsp3) is 0.200. The lowest BCUT2D eigenvalue weighted by Crippen LogP contribution is -2.00. The molecule has 0 radical (unpaired) electrons. The topological polar surface area (TPSA) is 62.3 Å². The first-order chi connectivity index (χ1) is 15.3. The van der Waals surface area contributed by atoms with Crippen LogP contribution in [-0.2, 0) is 19.6 Å². The van der Waals surface area contributed by atoms with E-state index in [1.54, 1.807) is 19.6 Å². The molecule has 2 aromatic carbocycles. The second-order valence-corrected chi connectivity index (χ2v) is 7.10. The quantitative estimate of drug-likeness (QED) is 0.353. The molecule has 0 aliphatic carbocycles. The van der Waals surface area contributed by atoms with Gasteiger partial charge in [-0.05, 0) is 42.2 Å². The number of oxazole rings is 1. The normalized spacial score (nSPS) is 11.1. The summed E-state index contributed by atoms with van der Waals surface area (Å²) >= 11 is 0. The number of methoxy groups -OCH3 is 1. The Morgan fingerprint density at radius 1 is 1.06 bits per heavy atom. The summed E-state index contributed by atoms with van der Waals surface area (Å²) in [5.41, 5.74) is 3.02. The molecule has 0 bridgehead atoms. The van der Waals surface area contributed by atoms with E-state index in [2.05, 4.69) is 20.6 Å². The van der Waals surface area contributed by atoms with Crippen LogP contribution in [0.3, 0.4) is 0 Å². The lowest BCUT2D eigenvalue weighted by molar-refractivity contribution is 0.280. The van der Waals surface area contributed by atoms with Crippen molar-refractivity contribution in [3.05, 3.63) is 96.2 Å². The highest BCUT2D eigenvalue weighted by Gasteiger charge is 2.08. The van der Waals surface area contributed by atoms with Crippen LogP contribution in [0.5, 0.6) is 11.5 Å². The summed E-state index contributed by atoms with van der Waals surface area (Å²) in [5.74, 6) is 1.95. The van der Waals surface area contributed by atoms with Gasteiger partial charge in [-0.1, -0.05) is 36.4 Å². The largest absolute Gasteiger partial charge is 0.493 e. The number of hydrogen-bond donors (Lipinski definition) is 0. The molecule has 2 aromatic heterocycles. The molecule has 6 heteroatoms. The number of aromatic nitrogens is 3. The highest BCUT2D eigenvalue weighted by Crippen LogP contribution is 2.29. The molecule has 6 nitrogen and oxygen atoms in total. The highest BCUT2D eigenvalue weighted by atomic mass is 16.5. The van der Waals surface area contributed by atoms with Crippen LogP contribution in [0, 0.1) is 0 Å². The van der Waals surface area contributed by atoms with E-state index in [-0.39, 0.29) is 0 Å². The zero-order chi connectivity index (χ0) is 21.3. The lowest BCUT2D eigenvalue weighted by Gasteiger charge is -2.11. The molecule has 0 unspecified atom stereocenters. The van der Waals surface area contributed by atoms with Gasteiger partial charge in [-0.3, -0.25) is 0 Å². The predicted octanol–water partition coefficient (Wildman–Crippen LogP) is 5.26. The van der Waals surface area contributed by atoms with Crippen LogP contribution in [0.2, 0.25) is 0 Å². The summed E-state index contributed by atoms with van der Waals surface area (Å²) in [6.07, 6.45) is 13.0. The van der Waals surface area contributed by atoms with Gasteiger partial charge in [0.2, 0.25) is 5.89 Å². The van der Waals surface area contributed by atoms with Crippen LogP contribution in [0.1, 0.15) is 29.1 Å². The number of hydrogen-bond acceptors (Lipinski definition) is 5. The van der Waals surface area contributed by atoms with Crippen molar-refractivity contribution < 1.29 is 13.9 Å². The predicted molar refractivity (Wildman–Crippen MR) is 120 cm³/mol. The molecular weight excluding hydrogens is 390 g/mol. The first kappa shape index (κ1) is 20.5. The molecule has 0 saturated carbocycles. The van der Waals surface area contributed by atoms with Crippen LogP contribution < -0.4 is 9.47 Å². The van der Waals surface area contributed by atoms with Crippen molar-refractivity contribution in [3.63, 3.8) is 0 Å². The maximum absolute atomic E-state index is 5.92. The average Bonchev–Trinajstić information content (AvgIpc) is 3.49. The average molecular weight is 415 g/mol. The van der Waals surface area contributed by atoms with E-state index in [1.807, 2.05) is 67.1 Å². The maximum Gasteiger partial charge on any atom is 0.218 e. The second-order valence-electron chi connectivity index (χ2n) is 7.10. The van der Waals surface area contributed by atoms with Crippen molar-refractivity contribution >= 4 is 12.2 Å². The molecule has 0 spiro atoms. The van der Waals surface area contributed by atoms with Crippen LogP contribution >= 0.6 is 0 Å². The van der Waals surface area contributed by atoms with Gasteiger partial charge in [0.05, 0.1) is 13.4 Å². The third-order valence-electron chi connectivity index (χ3n) is 4.83. The fourth-order valence-corrected chi connectivity index (χ4v) is 3.22. The minimum Gasteiger partial charge on any atom is -0.493 e. The molecule has 4 aromatic rings. The van der Waals surface area contributed by atoms with Gasteiger partial charge in [0.1, 0.15) is 18.6 Å². The molecule has 0 fully saturated rings. The van der Waals surface area contributed by atoms with Crippen molar-refractivity contribution in [1.29, 1.82) is 0 Å². The van der Waals surface area contributed by atoms with Gasteiger partial charge < -0.3 is 18.5 Å². The summed E-state index contributed by atoms with van der Waals surface area (Å²) in [4.78, 5) is 8.52. The van der Waals surface area contributed by atoms with Crippen LogP contribution in [0.25, 0.3) is 12.2 Å². The first-order valence-corrected chi connectivity index (χ1v) is 10.2. The maximum atomic E-state index is 5.92. The minimum atomic E-state index is 0.305. The van der Waals surface area contributed by atoms with Gasteiger partial charge in [0.25, 0.3) is 0 Å². The molecule has 0 aliphatic heterocycles. The number of rotatable bonds is 10. The summed E-state index contributed by atoms with van der Waals surface area (Å²) in [7, 11) is 1.65. The number of ether oxygens (including phenoxy) is 2. The third-order valence-corrected chi connectivity index (χ3v) is 4.83. The van der Waals surface area contributed by atoms with Crippen LogP contribution in [-0.4, -0.2) is 21.6 Å². The minimum absolute atomic E-state index is 0.305. The van der Waals surface area contributed by atoms with Gasteiger partial charge in [-0.15, -0.1) is 0 Å². The molecule has 0 N–H and O–H groups in total. The first-order valence-electron chi connectivity index (χ1n) is 10.2. The zero-order valence-electron chi connectivity index (χ0n) is 17.5. The molecule has 4 rings (SSSR count). The van der Waals surface area contributed by atoms with Crippen molar-refractivity contribution in [3.8, 4) is 11.5 Å². The second kappa shape index (κ2) is 10.3. The summed E-state index contributed by atoms with van der Waals surface area (Å²) in [6, 6.07) is 16.1. The van der Waals surface area contributed by atoms with Gasteiger partial charge in [-0.25, -0.2) is 9.97 Å². The Labute approximate surface area is 181 Å². The van der Waals surface area contributed by atoms with Gasteiger partial charge in [-0.2, -0.15) is 0 Å². The standard InChI is InChI=1S/C25H25N3O3/c1-29-24-16-21(8-5-14-28-15-13-26-19-28)9-11-23(24)30-17-22-18-31-25(27-22)12-10-20-6-3-2-4-7-20/h2-4,6-7,9-13,15-16,18-19H,5,8,14,17H2,1H3. The van der Waals surface area contributed by atoms with E-state index in [1.165, 1.54) is 5.56 Å². The zero-order valence-corrected chi connectivity index (χ0v) is 17.5. The third kappa shape index (κ3) is 5.85. The van der Waals surface area contributed by atoms with Gasteiger partial charge in [0, 0.05) is 25.0 Å². The van der Waals surface area contributed by atoms with Gasteiger partial charge in [0.15, 0.2) is 11.5 Å². The number of aryl methyl sites for hydroxylation is 2. The molecule has 0 atom stereocenters. The van der Waals surface area contributed by atoms with Crippen molar-refractivity contribution in [2.75, 3.05) is 7.11 Å². The van der Waals surface area contributed by atoms with E-state index in [0.29, 0.717) is 24.0 Å². The molecular formula is C25H25N3O3. The summed E-state index contributed by atoms with van der Waals surface area (Å²) < 4.78 is 19.0. The number of imidazole rings is 1. The van der Waals surface area contributed by atoms with E-state index in [0.717, 1.165) is 30.6 Å². The van der Waals surface area contributed by atoms with Crippen molar-refractivity contribution in [2.24, 2.45) is 0 Å². The molecule has 0 aliphatic rings. The van der Waals surface area contributed by atoms with Crippen molar-refractivity contribution in [2.45, 2.75) is 26.0 Å². The lowest BCUT2D eigenvalue weighted by atomic mass is 10.1. The Balaban J connectivity index is 1.31. The Kier molecular flexibility index (Phi) is 6.80. The monoisotopic (exact) mass is 415 g/mol. The van der Waals surface area contributed by atoms with E-state index in [4.69, 9.17) is 13.9 Å². The van der Waals surface area contributed by atoms with Crippen LogP contribution in [0.4, 0.5) is 0 Å². The van der Waals surface area contributed by atoms with E-state index >= 15 is 0 Å². The highest BCUT2D eigenvalue weighted by molar-refractivity contribution is 5.65. The molecule has 0 amide bonds. The Bertz CT molecular complexity index is 1100. The number of benzene rings is 2. The Morgan fingerprint density at radius 2 is 1.97 bits per heavy atom. The smallest absolute Gasteiger partial charge is 0.218 e. The number of nitrogens with zero attached hydrogens (tertiary/aromatic N) is 3. The molecule has 0 saturated heterocycles. The molecule has 158 valence electrons. The van der Waals surface area contributed by atoms with E-state index < -0.39 is 0 Å². The Hall–Kier alpha value is -3.80. The van der Waals surface area contributed by atoms with Crippen LogP contribution in [0.15, 0.2) is 77.9 Å².